The number of carbonyl (C=O) groups is 1. The van der Waals surface area contributed by atoms with Crippen LogP contribution in [0.2, 0.25) is 0 Å². The van der Waals surface area contributed by atoms with Gasteiger partial charge in [-0.25, -0.2) is 9.97 Å². The first-order valence-electron chi connectivity index (χ1n) is 7.53. The minimum absolute atomic E-state index is 0.0652. The van der Waals surface area contributed by atoms with Crippen LogP contribution in [0.1, 0.15) is 48.9 Å². The first-order valence-corrected chi connectivity index (χ1v) is 7.53. The van der Waals surface area contributed by atoms with Gasteiger partial charge in [-0.3, -0.25) is 4.79 Å². The molecular formula is C15H22N4O. The van der Waals surface area contributed by atoms with Gasteiger partial charge < -0.3 is 10.2 Å². The van der Waals surface area contributed by atoms with Crippen LogP contribution in [0.15, 0.2) is 6.07 Å². The second kappa shape index (κ2) is 5.38. The van der Waals surface area contributed by atoms with E-state index >= 15 is 0 Å². The molecule has 5 nitrogen and oxygen atoms in total. The average Bonchev–Trinajstić information content (AvgIpc) is 3.22. The first kappa shape index (κ1) is 13.3. The summed E-state index contributed by atoms with van der Waals surface area (Å²) in [4.78, 5) is 23.2. The lowest BCUT2D eigenvalue weighted by Crippen LogP contribution is -2.34. The molecule has 1 aromatic heterocycles. The van der Waals surface area contributed by atoms with E-state index in [2.05, 4.69) is 27.1 Å². The van der Waals surface area contributed by atoms with Gasteiger partial charge in [0.1, 0.15) is 17.3 Å². The van der Waals surface area contributed by atoms with Gasteiger partial charge in [0.25, 0.3) is 5.91 Å². The Morgan fingerprint density at radius 2 is 1.95 bits per heavy atom. The Labute approximate surface area is 119 Å². The summed E-state index contributed by atoms with van der Waals surface area (Å²) in [5.41, 5.74) is 0.498. The van der Waals surface area contributed by atoms with E-state index in [9.17, 15) is 4.79 Å². The number of amides is 1. The van der Waals surface area contributed by atoms with Crippen molar-refractivity contribution < 1.29 is 4.79 Å². The van der Waals surface area contributed by atoms with E-state index in [-0.39, 0.29) is 5.91 Å². The van der Waals surface area contributed by atoms with Crippen LogP contribution < -0.4 is 10.2 Å². The van der Waals surface area contributed by atoms with Crippen LogP contribution in [0.3, 0.4) is 0 Å². The number of nitrogens with zero attached hydrogens (tertiary/aromatic N) is 3. The fraction of sp³-hybridized carbons (Fsp3) is 0.667. The molecule has 0 bridgehead atoms. The molecule has 1 aliphatic heterocycles. The third kappa shape index (κ3) is 3.08. The van der Waals surface area contributed by atoms with Crippen molar-refractivity contribution in [2.75, 3.05) is 18.0 Å². The lowest BCUT2D eigenvalue weighted by atomic mass is 9.99. The molecule has 2 fully saturated rings. The Hall–Kier alpha value is -1.65. The Balaban J connectivity index is 1.76. The number of aryl methyl sites for hydroxylation is 1. The predicted octanol–water partition coefficient (Wildman–Crippen LogP) is 1.91. The van der Waals surface area contributed by atoms with Crippen LogP contribution in [-0.2, 0) is 0 Å². The number of piperidine rings is 1. The zero-order valence-electron chi connectivity index (χ0n) is 12.2. The molecule has 1 N–H and O–H groups in total. The van der Waals surface area contributed by atoms with Crippen molar-refractivity contribution in [3.63, 3.8) is 0 Å². The van der Waals surface area contributed by atoms with Crippen molar-refractivity contribution in [3.05, 3.63) is 17.6 Å². The van der Waals surface area contributed by atoms with Crippen LogP contribution in [0, 0.1) is 12.8 Å². The minimum atomic E-state index is -0.0652. The predicted molar refractivity (Wildman–Crippen MR) is 77.9 cm³/mol. The van der Waals surface area contributed by atoms with Gasteiger partial charge in [0.15, 0.2) is 0 Å². The quantitative estimate of drug-likeness (QED) is 0.914. The molecule has 1 saturated carbocycles. The fourth-order valence-electron chi connectivity index (χ4n) is 2.55. The summed E-state index contributed by atoms with van der Waals surface area (Å²) in [6.45, 7) is 6.17. The van der Waals surface area contributed by atoms with Crippen molar-refractivity contribution in [2.24, 2.45) is 5.92 Å². The number of hydrogen-bond acceptors (Lipinski definition) is 4. The molecule has 0 radical (unpaired) electrons. The zero-order valence-corrected chi connectivity index (χ0v) is 12.2. The minimum Gasteiger partial charge on any atom is -0.356 e. The molecule has 1 amide bonds. The highest BCUT2D eigenvalue weighted by Crippen LogP contribution is 2.23. The van der Waals surface area contributed by atoms with E-state index in [1.54, 1.807) is 0 Å². The lowest BCUT2D eigenvalue weighted by molar-refractivity contribution is 0.0945. The van der Waals surface area contributed by atoms with Crippen molar-refractivity contribution in [3.8, 4) is 0 Å². The van der Waals surface area contributed by atoms with Crippen LogP contribution in [0.25, 0.3) is 0 Å². The highest BCUT2D eigenvalue weighted by Gasteiger charge is 2.25. The van der Waals surface area contributed by atoms with Crippen LogP contribution in [-0.4, -0.2) is 35.0 Å². The van der Waals surface area contributed by atoms with Gasteiger partial charge in [-0.2, -0.15) is 0 Å². The van der Waals surface area contributed by atoms with Gasteiger partial charge in [0.2, 0.25) is 0 Å². The molecule has 1 aliphatic carbocycles. The zero-order chi connectivity index (χ0) is 14.1. The smallest absolute Gasteiger partial charge is 0.270 e. The molecule has 0 spiro atoms. The SMILES string of the molecule is Cc1nc(C(=O)NC2CC2)cc(N2CCC(C)CC2)n1. The lowest BCUT2D eigenvalue weighted by Gasteiger charge is -2.31. The normalized spacial score (nSPS) is 20.0. The maximum atomic E-state index is 12.1. The Morgan fingerprint density at radius 1 is 1.25 bits per heavy atom. The summed E-state index contributed by atoms with van der Waals surface area (Å²) in [5.74, 6) is 2.28. The van der Waals surface area contributed by atoms with Crippen molar-refractivity contribution >= 4 is 11.7 Å². The molecule has 0 unspecified atom stereocenters. The molecule has 20 heavy (non-hydrogen) atoms. The summed E-state index contributed by atoms with van der Waals surface area (Å²) in [6, 6.07) is 2.19. The summed E-state index contributed by atoms with van der Waals surface area (Å²) >= 11 is 0. The van der Waals surface area contributed by atoms with Crippen LogP contribution in [0.4, 0.5) is 5.82 Å². The Morgan fingerprint density at radius 3 is 2.60 bits per heavy atom. The Kier molecular flexibility index (Phi) is 3.59. The van der Waals surface area contributed by atoms with Crippen molar-refractivity contribution in [1.82, 2.24) is 15.3 Å². The number of rotatable bonds is 3. The Bertz CT molecular complexity index is 505. The maximum Gasteiger partial charge on any atom is 0.270 e. The molecule has 5 heteroatoms. The average molecular weight is 274 g/mol. The van der Waals surface area contributed by atoms with Gasteiger partial charge in [-0.15, -0.1) is 0 Å². The van der Waals surface area contributed by atoms with Crippen LogP contribution in [0.5, 0.6) is 0 Å². The van der Waals surface area contributed by atoms with Gasteiger partial charge in [-0.1, -0.05) is 6.92 Å². The van der Waals surface area contributed by atoms with E-state index < -0.39 is 0 Å². The second-order valence-corrected chi connectivity index (χ2v) is 6.08. The van der Waals surface area contributed by atoms with Gasteiger partial charge in [-0.05, 0) is 38.5 Å². The van der Waals surface area contributed by atoms with Gasteiger partial charge in [0, 0.05) is 25.2 Å². The molecule has 1 saturated heterocycles. The molecule has 2 heterocycles. The second-order valence-electron chi connectivity index (χ2n) is 6.08. The maximum absolute atomic E-state index is 12.1. The molecule has 3 rings (SSSR count). The van der Waals surface area contributed by atoms with Crippen molar-refractivity contribution in [2.45, 2.75) is 45.6 Å². The van der Waals surface area contributed by atoms with E-state index in [1.165, 1.54) is 12.8 Å². The van der Waals surface area contributed by atoms with Gasteiger partial charge in [0.05, 0.1) is 0 Å². The van der Waals surface area contributed by atoms with Gasteiger partial charge >= 0.3 is 0 Å². The molecule has 108 valence electrons. The molecule has 2 aliphatic rings. The van der Waals surface area contributed by atoms with E-state index in [1.807, 2.05) is 13.0 Å². The molecular weight excluding hydrogens is 252 g/mol. The molecule has 0 aromatic carbocycles. The molecule has 0 atom stereocenters. The third-order valence-electron chi connectivity index (χ3n) is 4.08. The summed E-state index contributed by atoms with van der Waals surface area (Å²) in [7, 11) is 0. The highest BCUT2D eigenvalue weighted by molar-refractivity contribution is 5.93. The number of hydrogen-bond donors (Lipinski definition) is 1. The monoisotopic (exact) mass is 274 g/mol. The highest BCUT2D eigenvalue weighted by atomic mass is 16.2. The number of carbonyl (C=O) groups excluding carboxylic acids is 1. The van der Waals surface area contributed by atoms with Crippen molar-refractivity contribution in [1.29, 1.82) is 0 Å². The summed E-state index contributed by atoms with van der Waals surface area (Å²) < 4.78 is 0. The standard InChI is InChI=1S/C15H22N4O/c1-10-5-7-19(8-6-10)14-9-13(16-11(2)17-14)15(20)18-12-3-4-12/h9-10,12H,3-8H2,1-2H3,(H,18,20). The van der Waals surface area contributed by atoms with E-state index in [0.29, 0.717) is 17.6 Å². The first-order chi connectivity index (χ1) is 9.61. The molecule has 1 aromatic rings. The van der Waals surface area contributed by atoms with E-state index in [4.69, 9.17) is 0 Å². The van der Waals surface area contributed by atoms with E-state index in [0.717, 1.165) is 37.7 Å². The summed E-state index contributed by atoms with van der Waals surface area (Å²) in [5, 5.41) is 2.99. The number of aromatic nitrogens is 2. The number of nitrogens with one attached hydrogen (secondary N) is 1. The number of anilines is 1. The summed E-state index contributed by atoms with van der Waals surface area (Å²) in [6.07, 6.45) is 4.55. The fourth-order valence-corrected chi connectivity index (χ4v) is 2.55. The third-order valence-corrected chi connectivity index (χ3v) is 4.08. The largest absolute Gasteiger partial charge is 0.356 e. The van der Waals surface area contributed by atoms with Crippen LogP contribution >= 0.6 is 0 Å². The topological polar surface area (TPSA) is 58.1 Å².